The zero-order valence-electron chi connectivity index (χ0n) is 37.1. The van der Waals surface area contributed by atoms with Gasteiger partial charge in [-0.05, 0) is 33.3 Å². The smallest absolute Gasteiger partial charge is 0.312 e. The average molecular weight is 847 g/mol. The number of carbonyl (C=O) groups is 3. The second kappa shape index (κ2) is 17.5. The topological polar surface area (TPSA) is 209 Å². The maximum absolute atomic E-state index is 14.7. The number of phenolic OH excluding ortho intramolecular Hbond substituents is 2. The van der Waals surface area contributed by atoms with Gasteiger partial charge >= 0.3 is 11.8 Å². The molecule has 7 rings (SSSR count). The van der Waals surface area contributed by atoms with Crippen molar-refractivity contribution < 1.29 is 53.8 Å². The van der Waals surface area contributed by atoms with Gasteiger partial charge in [-0.1, -0.05) is 52.8 Å². The Hall–Kier alpha value is -4.83. The fraction of sp³-hybridized carbons (Fsp3) is 0.587. The molecule has 0 saturated carbocycles. The summed E-state index contributed by atoms with van der Waals surface area (Å²) in [5.74, 6) is -7.03. The largest absolute Gasteiger partial charge is 0.507 e. The van der Waals surface area contributed by atoms with Gasteiger partial charge in [-0.3, -0.25) is 19.4 Å². The fourth-order valence-electron chi connectivity index (χ4n) is 9.21. The van der Waals surface area contributed by atoms with Crippen molar-refractivity contribution in [2.24, 2.45) is 33.7 Å². The first-order chi connectivity index (χ1) is 28.7. The molecule has 1 spiro atoms. The number of Topliss-reactive ketones (excluding diaryl/α,β-unsaturated/α-hetero) is 1. The molecule has 1 fully saturated rings. The second-order valence-electron chi connectivity index (χ2n) is 17.6. The first-order valence-electron chi connectivity index (χ1n) is 21.3. The van der Waals surface area contributed by atoms with Crippen molar-refractivity contribution in [1.82, 2.24) is 4.90 Å². The van der Waals surface area contributed by atoms with Crippen molar-refractivity contribution in [3.8, 4) is 17.2 Å². The molecule has 10 atom stereocenters. The monoisotopic (exact) mass is 846 g/mol. The molecular weight excluding hydrogens is 785 g/mol. The third-order valence-electron chi connectivity index (χ3n) is 13.4. The van der Waals surface area contributed by atoms with E-state index in [0.717, 1.165) is 19.5 Å². The van der Waals surface area contributed by atoms with Crippen molar-refractivity contribution in [1.29, 1.82) is 0 Å². The molecule has 2 aromatic carbocycles. The van der Waals surface area contributed by atoms with Crippen LogP contribution in [-0.4, -0.2) is 105 Å². The van der Waals surface area contributed by atoms with Gasteiger partial charge in [0.15, 0.2) is 5.75 Å². The highest BCUT2D eigenvalue weighted by Crippen LogP contribution is 2.51. The minimum Gasteiger partial charge on any atom is -0.507 e. The number of aliphatic hydroxyl groups is 2. The van der Waals surface area contributed by atoms with Gasteiger partial charge in [0, 0.05) is 93.1 Å². The summed E-state index contributed by atoms with van der Waals surface area (Å²) in [4.78, 5) is 52.9. The van der Waals surface area contributed by atoms with E-state index in [4.69, 9.17) is 23.9 Å². The van der Waals surface area contributed by atoms with Crippen LogP contribution in [0.25, 0.3) is 10.8 Å². The van der Waals surface area contributed by atoms with E-state index in [9.17, 15) is 34.8 Å². The summed E-state index contributed by atoms with van der Waals surface area (Å²) in [6.45, 7) is 18.6. The van der Waals surface area contributed by atoms with Gasteiger partial charge in [0.25, 0.3) is 11.7 Å². The number of rotatable bonds is 4. The zero-order chi connectivity index (χ0) is 44.9. The standard InChI is InChI=1S/C46H62N4O11/c1-12-24(4)50-19-17-46(18-20-50)48-34-31-32-39(54)28(8)42-33(31)43(56)45(10,61-42)59-21-16-30(58-11)25(5)41(60-29(9)51)27(7)38(53)26(6)37(52)22(2)14-13-15-23(3)44(57)47-36(40(32)55)35(34)49-46/h13-16,21-22,24-27,30,37-38,41,48,52-55H,12,17-20H2,1-11H3/b14-13-,21-16-,23-15-,47-36?. The summed E-state index contributed by atoms with van der Waals surface area (Å²) in [5.41, 5.74) is -0.115. The number of nitrogens with zero attached hydrogens (tertiary/aromatic N) is 3. The van der Waals surface area contributed by atoms with Gasteiger partial charge in [-0.2, -0.15) is 0 Å². The summed E-state index contributed by atoms with van der Waals surface area (Å²) in [6, 6.07) is 0.359. The van der Waals surface area contributed by atoms with E-state index in [1.807, 2.05) is 0 Å². The number of methoxy groups -OCH3 is 1. The van der Waals surface area contributed by atoms with E-state index >= 15 is 0 Å². The normalized spacial score (nSPS) is 33.1. The third kappa shape index (κ3) is 8.29. The number of phenols is 2. The molecule has 0 aromatic heterocycles. The quantitative estimate of drug-likeness (QED) is 0.205. The number of hydrogen-bond donors (Lipinski definition) is 5. The van der Waals surface area contributed by atoms with Crippen molar-refractivity contribution in [2.75, 3.05) is 25.5 Å². The molecule has 5 heterocycles. The number of carbonyl (C=O) groups excluding carboxylic acids is 3. The van der Waals surface area contributed by atoms with E-state index < -0.39 is 82.9 Å². The number of nitrogens with one attached hydrogen (secondary N) is 1. The Morgan fingerprint density at radius 1 is 1.00 bits per heavy atom. The van der Waals surface area contributed by atoms with E-state index in [1.54, 1.807) is 65.8 Å². The van der Waals surface area contributed by atoms with Crippen LogP contribution in [-0.2, 0) is 23.8 Å². The van der Waals surface area contributed by atoms with Crippen LogP contribution in [0.15, 0.2) is 46.1 Å². The van der Waals surface area contributed by atoms with Crippen LogP contribution in [0.2, 0.25) is 0 Å². The van der Waals surface area contributed by atoms with Crippen LogP contribution in [0.5, 0.6) is 17.2 Å². The molecule has 1 amide bonds. The number of amides is 1. The molecule has 5 aliphatic rings. The Kier molecular flexibility index (Phi) is 13.1. The van der Waals surface area contributed by atoms with Gasteiger partial charge in [0.1, 0.15) is 34.0 Å². The number of anilines is 1. The van der Waals surface area contributed by atoms with E-state index in [0.29, 0.717) is 24.6 Å². The number of ether oxygens (including phenoxy) is 4. The Morgan fingerprint density at radius 3 is 2.30 bits per heavy atom. The molecule has 10 unspecified atom stereocenters. The molecule has 61 heavy (non-hydrogen) atoms. The molecular formula is C46H62N4O11. The molecule has 15 heteroatoms. The molecule has 2 aromatic rings. The van der Waals surface area contributed by atoms with Crippen LogP contribution in [0, 0.1) is 30.6 Å². The van der Waals surface area contributed by atoms with Crippen molar-refractivity contribution in [3.05, 3.63) is 58.0 Å². The number of ketones is 1. The maximum atomic E-state index is 14.7. The summed E-state index contributed by atoms with van der Waals surface area (Å²) >= 11 is 0. The number of esters is 1. The molecule has 5 bridgehead atoms. The van der Waals surface area contributed by atoms with Crippen LogP contribution in [0.4, 0.5) is 5.69 Å². The molecule has 5 aliphatic heterocycles. The number of allylic oxidation sites excluding steroid dienone is 2. The first kappa shape index (κ1) is 45.7. The van der Waals surface area contributed by atoms with Gasteiger partial charge in [-0.25, -0.2) is 4.99 Å². The average Bonchev–Trinajstić information content (AvgIpc) is 3.73. The minimum atomic E-state index is -1.95. The number of likely N-dealkylation sites (tertiary alicyclic amines) is 1. The summed E-state index contributed by atoms with van der Waals surface area (Å²) < 4.78 is 24.0. The van der Waals surface area contributed by atoms with Gasteiger partial charge in [-0.15, -0.1) is 0 Å². The highest BCUT2D eigenvalue weighted by molar-refractivity contribution is 6.21. The molecule has 0 aliphatic carbocycles. The van der Waals surface area contributed by atoms with Crippen molar-refractivity contribution in [2.45, 2.75) is 130 Å². The SMILES string of the molecule is CCC(C)N1CCC2(CC1)N=c1c(c3c4c5c(C)c(O)c3c(O)c1=NC(=O)/C(C)=C\C=C/C(C)C(O)C(C)C(O)C(C)C(OC(C)=O)C(C)C(OC)/C=C\OC(C)(O5)C4=O)N2. The lowest BCUT2D eigenvalue weighted by molar-refractivity contribution is -0.160. The maximum Gasteiger partial charge on any atom is 0.312 e. The Morgan fingerprint density at radius 2 is 1.67 bits per heavy atom. The molecule has 1 saturated heterocycles. The number of hydrogen-bond acceptors (Lipinski definition) is 14. The summed E-state index contributed by atoms with van der Waals surface area (Å²) in [6.07, 6.45) is 6.05. The van der Waals surface area contributed by atoms with E-state index in [1.165, 1.54) is 27.2 Å². The summed E-state index contributed by atoms with van der Waals surface area (Å²) in [7, 11) is 1.47. The lowest BCUT2D eigenvalue weighted by atomic mass is 9.78. The number of piperidine rings is 1. The Balaban J connectivity index is 1.56. The van der Waals surface area contributed by atoms with Crippen molar-refractivity contribution >= 4 is 34.1 Å². The lowest BCUT2D eigenvalue weighted by Gasteiger charge is -2.40. The Bertz CT molecular complexity index is 2300. The fourth-order valence-corrected chi connectivity index (χ4v) is 9.21. The molecule has 5 N–H and O–H groups in total. The number of benzene rings is 2. The van der Waals surface area contributed by atoms with Gasteiger partial charge < -0.3 is 49.6 Å². The number of aliphatic hydroxyl groups excluding tert-OH is 2. The minimum absolute atomic E-state index is 0.0536. The van der Waals surface area contributed by atoms with Crippen LogP contribution >= 0.6 is 0 Å². The highest BCUT2D eigenvalue weighted by Gasteiger charge is 2.51. The van der Waals surface area contributed by atoms with Crippen LogP contribution in [0.1, 0.15) is 97.5 Å². The number of aromatic hydroxyl groups is 2. The summed E-state index contributed by atoms with van der Waals surface area (Å²) in [5, 5.41) is 50.6. The molecule has 0 radical (unpaired) electrons. The van der Waals surface area contributed by atoms with Crippen LogP contribution in [0.3, 0.4) is 0 Å². The van der Waals surface area contributed by atoms with E-state index in [2.05, 4.69) is 29.1 Å². The highest BCUT2D eigenvalue weighted by atomic mass is 16.7. The number of fused-ring (bicyclic) bond motifs is 13. The van der Waals surface area contributed by atoms with E-state index in [-0.39, 0.29) is 49.7 Å². The third-order valence-corrected chi connectivity index (χ3v) is 13.4. The second-order valence-corrected chi connectivity index (χ2v) is 17.6. The lowest BCUT2D eigenvalue weighted by Crippen LogP contribution is -2.49. The van der Waals surface area contributed by atoms with Crippen LogP contribution < -0.4 is 20.8 Å². The van der Waals surface area contributed by atoms with Gasteiger partial charge in [0.05, 0.1) is 41.2 Å². The predicted molar refractivity (Wildman–Crippen MR) is 228 cm³/mol. The molecule has 332 valence electrons. The zero-order valence-corrected chi connectivity index (χ0v) is 37.1. The predicted octanol–water partition coefficient (Wildman–Crippen LogP) is 4.89. The molecule has 15 nitrogen and oxygen atoms in total. The van der Waals surface area contributed by atoms with Crippen molar-refractivity contribution in [3.63, 3.8) is 0 Å². The first-order valence-corrected chi connectivity index (χ1v) is 21.3. The van der Waals surface area contributed by atoms with Gasteiger partial charge in [0.2, 0.25) is 0 Å². The Labute approximate surface area is 356 Å².